The van der Waals surface area contributed by atoms with E-state index in [1.54, 1.807) is 6.20 Å². The molecule has 5 rings (SSSR count). The number of hydrogen-bond acceptors (Lipinski definition) is 6. The highest BCUT2D eigenvalue weighted by atomic mass is 32.2. The molecule has 11 heteroatoms. The first-order valence-electron chi connectivity index (χ1n) is 10.1. The molecule has 2 aromatic carbocycles. The van der Waals surface area contributed by atoms with Crippen LogP contribution in [0.2, 0.25) is 0 Å². The van der Waals surface area contributed by atoms with Gasteiger partial charge in [0.2, 0.25) is 10.0 Å². The summed E-state index contributed by atoms with van der Waals surface area (Å²) in [6.45, 7) is 1.25. The zero-order valence-electron chi connectivity index (χ0n) is 16.8. The molecule has 2 aliphatic rings. The second kappa shape index (κ2) is 7.89. The summed E-state index contributed by atoms with van der Waals surface area (Å²) in [6.07, 6.45) is 2.67. The van der Waals surface area contributed by atoms with E-state index in [-0.39, 0.29) is 12.6 Å². The lowest BCUT2D eigenvalue weighted by molar-refractivity contribution is 0.265. The van der Waals surface area contributed by atoms with Crippen molar-refractivity contribution in [2.45, 2.75) is 22.6 Å². The standard InChI is InChI=1S/C21H19F3N4O2S2/c22-14-11-16(24)19(12-15(14)23)32(29,30)28-9-10-31-21(28)5-7-27(8-6-21)20-13-25-17-3-1-2-4-18(17)26-20/h1-4,11-13H,5-10H2. The Bertz CT molecular complexity index is 1300. The average molecular weight is 481 g/mol. The van der Waals surface area contributed by atoms with Crippen molar-refractivity contribution in [2.75, 3.05) is 30.3 Å². The molecular formula is C21H19F3N4O2S2. The maximum atomic E-state index is 14.3. The van der Waals surface area contributed by atoms with E-state index in [0.717, 1.165) is 11.0 Å². The number of piperidine rings is 1. The fourth-order valence-electron chi connectivity index (χ4n) is 4.33. The van der Waals surface area contributed by atoms with E-state index in [4.69, 9.17) is 0 Å². The molecule has 0 bridgehead atoms. The zero-order valence-corrected chi connectivity index (χ0v) is 18.5. The van der Waals surface area contributed by atoms with Crippen LogP contribution in [0.3, 0.4) is 0 Å². The summed E-state index contributed by atoms with van der Waals surface area (Å²) in [4.78, 5) is 9.55. The molecule has 3 aromatic rings. The van der Waals surface area contributed by atoms with Gasteiger partial charge in [-0.3, -0.25) is 4.98 Å². The summed E-state index contributed by atoms with van der Waals surface area (Å²) in [6, 6.07) is 8.25. The van der Waals surface area contributed by atoms with Crippen molar-refractivity contribution in [3.8, 4) is 0 Å². The van der Waals surface area contributed by atoms with Crippen LogP contribution in [-0.4, -0.2) is 52.9 Å². The minimum absolute atomic E-state index is 0.182. The molecule has 1 spiro atoms. The number of para-hydroxylation sites is 2. The van der Waals surface area contributed by atoms with Crippen molar-refractivity contribution in [3.63, 3.8) is 0 Å². The summed E-state index contributed by atoms with van der Waals surface area (Å²) in [5.74, 6) is -2.85. The monoisotopic (exact) mass is 480 g/mol. The Kier molecular flexibility index (Phi) is 5.30. The zero-order chi connectivity index (χ0) is 22.5. The lowest BCUT2D eigenvalue weighted by Crippen LogP contribution is -2.52. The maximum Gasteiger partial charge on any atom is 0.247 e. The van der Waals surface area contributed by atoms with Gasteiger partial charge < -0.3 is 4.90 Å². The first kappa shape index (κ1) is 21.5. The van der Waals surface area contributed by atoms with Crippen LogP contribution in [0.1, 0.15) is 12.8 Å². The Morgan fingerprint density at radius 2 is 1.62 bits per heavy atom. The SMILES string of the molecule is O=S(=O)(c1cc(F)c(F)cc1F)N1CCSC12CCN(c1cnc3ccccc3n1)CC2. The number of benzene rings is 2. The topological polar surface area (TPSA) is 66.4 Å². The van der Waals surface area contributed by atoms with Crippen LogP contribution in [0.15, 0.2) is 47.5 Å². The summed E-state index contributed by atoms with van der Waals surface area (Å²) in [7, 11) is -4.34. The van der Waals surface area contributed by atoms with Crippen LogP contribution in [0.25, 0.3) is 11.0 Å². The number of nitrogens with zero attached hydrogens (tertiary/aromatic N) is 4. The lowest BCUT2D eigenvalue weighted by Gasteiger charge is -2.43. The number of aromatic nitrogens is 2. The molecule has 3 heterocycles. The first-order valence-corrected chi connectivity index (χ1v) is 12.5. The quantitative estimate of drug-likeness (QED) is 0.532. The Morgan fingerprint density at radius 3 is 2.38 bits per heavy atom. The van der Waals surface area contributed by atoms with Crippen molar-refractivity contribution in [2.24, 2.45) is 0 Å². The minimum Gasteiger partial charge on any atom is -0.355 e. The molecule has 168 valence electrons. The van der Waals surface area contributed by atoms with E-state index >= 15 is 0 Å². The van der Waals surface area contributed by atoms with Crippen molar-refractivity contribution >= 4 is 38.6 Å². The molecule has 0 atom stereocenters. The number of sulfonamides is 1. The lowest BCUT2D eigenvalue weighted by atomic mass is 10.0. The van der Waals surface area contributed by atoms with Crippen LogP contribution in [0, 0.1) is 17.5 Å². The van der Waals surface area contributed by atoms with Crippen LogP contribution < -0.4 is 4.90 Å². The molecule has 1 aromatic heterocycles. The Hall–Kier alpha value is -2.37. The molecule has 6 nitrogen and oxygen atoms in total. The predicted molar refractivity (Wildman–Crippen MR) is 116 cm³/mol. The van der Waals surface area contributed by atoms with Crippen molar-refractivity contribution in [1.82, 2.24) is 14.3 Å². The molecule has 2 fully saturated rings. The Labute approximate surface area is 187 Å². The largest absolute Gasteiger partial charge is 0.355 e. The fraction of sp³-hybridized carbons (Fsp3) is 0.333. The second-order valence-electron chi connectivity index (χ2n) is 7.77. The van der Waals surface area contributed by atoms with Crippen LogP contribution in [-0.2, 0) is 10.0 Å². The van der Waals surface area contributed by atoms with Gasteiger partial charge in [-0.25, -0.2) is 26.6 Å². The normalized spacial score (nSPS) is 19.2. The molecule has 0 N–H and O–H groups in total. The second-order valence-corrected chi connectivity index (χ2v) is 11.1. The van der Waals surface area contributed by atoms with Crippen LogP contribution >= 0.6 is 11.8 Å². The van der Waals surface area contributed by atoms with Gasteiger partial charge in [-0.05, 0) is 31.0 Å². The summed E-state index contributed by atoms with van der Waals surface area (Å²) in [5, 5.41) is 0. The number of rotatable bonds is 3. The molecule has 0 radical (unpaired) electrons. The van der Waals surface area contributed by atoms with E-state index in [2.05, 4.69) is 9.97 Å². The summed E-state index contributed by atoms with van der Waals surface area (Å²) in [5.41, 5.74) is 1.57. The van der Waals surface area contributed by atoms with E-state index in [9.17, 15) is 21.6 Å². The third-order valence-electron chi connectivity index (χ3n) is 5.97. The summed E-state index contributed by atoms with van der Waals surface area (Å²) < 4.78 is 69.1. The Morgan fingerprint density at radius 1 is 0.938 bits per heavy atom. The molecule has 32 heavy (non-hydrogen) atoms. The average Bonchev–Trinajstić information content (AvgIpc) is 3.20. The van der Waals surface area contributed by atoms with Gasteiger partial charge in [0.05, 0.1) is 22.1 Å². The molecule has 2 saturated heterocycles. The van der Waals surface area contributed by atoms with E-state index in [0.29, 0.717) is 43.6 Å². The van der Waals surface area contributed by atoms with Gasteiger partial charge in [0, 0.05) is 31.5 Å². The third kappa shape index (κ3) is 3.52. The highest BCUT2D eigenvalue weighted by Crippen LogP contribution is 2.47. The third-order valence-corrected chi connectivity index (χ3v) is 9.62. The van der Waals surface area contributed by atoms with Crippen molar-refractivity contribution in [3.05, 3.63) is 60.0 Å². The number of halogens is 3. The Balaban J connectivity index is 1.40. The number of hydrogen-bond donors (Lipinski definition) is 0. The van der Waals surface area contributed by atoms with Gasteiger partial charge in [-0.2, -0.15) is 4.31 Å². The first-order chi connectivity index (χ1) is 15.3. The smallest absolute Gasteiger partial charge is 0.247 e. The number of thioether (sulfide) groups is 1. The van der Waals surface area contributed by atoms with Crippen LogP contribution in [0.4, 0.5) is 19.0 Å². The highest BCUT2D eigenvalue weighted by molar-refractivity contribution is 8.02. The maximum absolute atomic E-state index is 14.3. The van der Waals surface area contributed by atoms with E-state index < -0.39 is 37.2 Å². The molecule has 0 saturated carbocycles. The van der Waals surface area contributed by atoms with Crippen molar-refractivity contribution in [1.29, 1.82) is 0 Å². The number of anilines is 1. The van der Waals surface area contributed by atoms with Gasteiger partial charge in [-0.15, -0.1) is 11.8 Å². The molecule has 0 amide bonds. The van der Waals surface area contributed by atoms with E-state index in [1.807, 2.05) is 29.2 Å². The predicted octanol–water partition coefficient (Wildman–Crippen LogP) is 3.78. The highest BCUT2D eigenvalue weighted by Gasteiger charge is 2.50. The van der Waals surface area contributed by atoms with Gasteiger partial charge in [0.1, 0.15) is 16.5 Å². The van der Waals surface area contributed by atoms with Gasteiger partial charge in [-0.1, -0.05) is 12.1 Å². The van der Waals surface area contributed by atoms with Crippen LogP contribution in [0.5, 0.6) is 0 Å². The molecule has 2 aliphatic heterocycles. The van der Waals surface area contributed by atoms with Gasteiger partial charge in [0.15, 0.2) is 11.6 Å². The van der Waals surface area contributed by atoms with Gasteiger partial charge in [0.25, 0.3) is 0 Å². The molecule has 0 unspecified atom stereocenters. The molecular weight excluding hydrogens is 461 g/mol. The summed E-state index contributed by atoms with van der Waals surface area (Å²) >= 11 is 1.50. The van der Waals surface area contributed by atoms with E-state index in [1.165, 1.54) is 16.1 Å². The van der Waals surface area contributed by atoms with Gasteiger partial charge >= 0.3 is 0 Å². The van der Waals surface area contributed by atoms with Crippen molar-refractivity contribution < 1.29 is 21.6 Å². The fourth-order valence-corrected chi connectivity index (χ4v) is 8.01. The minimum atomic E-state index is -4.34. The molecule has 0 aliphatic carbocycles. The number of fused-ring (bicyclic) bond motifs is 1.